The van der Waals surface area contributed by atoms with Gasteiger partial charge in [0, 0.05) is 13.1 Å². The van der Waals surface area contributed by atoms with Crippen molar-refractivity contribution in [2.45, 2.75) is 6.92 Å². The summed E-state index contributed by atoms with van der Waals surface area (Å²) in [7, 11) is 0. The minimum Gasteiger partial charge on any atom is -0.487 e. The molecule has 1 aromatic heterocycles. The Hall–Kier alpha value is -1.05. The lowest BCUT2D eigenvalue weighted by Crippen LogP contribution is -2.40. The molecular formula is C9H16N4O2S. The molecule has 0 atom stereocenters. The van der Waals surface area contributed by atoms with Gasteiger partial charge in [-0.15, -0.1) is 0 Å². The number of nitrogens with zero attached hydrogens (tertiary/aromatic N) is 2. The summed E-state index contributed by atoms with van der Waals surface area (Å²) >= 11 is 1.32. The molecule has 1 aliphatic rings. The molecule has 0 bridgehead atoms. The van der Waals surface area contributed by atoms with Crippen LogP contribution in [0.25, 0.3) is 0 Å². The van der Waals surface area contributed by atoms with Crippen LogP contribution in [0.5, 0.6) is 5.75 Å². The average molecular weight is 244 g/mol. The first-order valence-corrected chi connectivity index (χ1v) is 6.06. The number of ether oxygens (including phenoxy) is 2. The molecule has 0 radical (unpaired) electrons. The second-order valence-corrected chi connectivity index (χ2v) is 4.14. The molecule has 1 aromatic rings. The number of hydrazine groups is 1. The number of nitrogens with two attached hydrogens (primary N) is 1. The molecule has 1 saturated heterocycles. The van der Waals surface area contributed by atoms with E-state index in [2.05, 4.69) is 14.8 Å². The first-order chi connectivity index (χ1) is 7.81. The van der Waals surface area contributed by atoms with Crippen LogP contribution >= 0.6 is 11.5 Å². The number of aromatic nitrogens is 1. The molecule has 6 nitrogen and oxygen atoms in total. The molecule has 3 N–H and O–H groups in total. The summed E-state index contributed by atoms with van der Waals surface area (Å²) in [6, 6.07) is 0. The minimum atomic E-state index is 0.447. The van der Waals surface area contributed by atoms with E-state index in [0.717, 1.165) is 31.3 Å². The zero-order valence-corrected chi connectivity index (χ0v) is 10.0. The van der Waals surface area contributed by atoms with Crippen LogP contribution in [-0.2, 0) is 4.74 Å². The average Bonchev–Trinajstić information content (AvgIpc) is 2.64. The molecule has 0 spiro atoms. The molecule has 0 aromatic carbocycles. The number of nitrogens with one attached hydrogen (secondary N) is 1. The number of nitrogen functional groups attached to an aromatic ring is 1. The SMILES string of the molecule is CCOc1c(N)nsc1NN1CCOCC1. The standard InChI is InChI=1S/C9H16N4O2S/c1-2-15-7-8(10)12-16-9(7)11-13-3-5-14-6-4-13/h11H,2-6H2,1H3,(H2,10,12). The number of hydrogen-bond donors (Lipinski definition) is 2. The molecule has 0 amide bonds. The predicted molar refractivity (Wildman–Crippen MR) is 63.7 cm³/mol. The highest BCUT2D eigenvalue weighted by atomic mass is 32.1. The minimum absolute atomic E-state index is 0.447. The van der Waals surface area contributed by atoms with Gasteiger partial charge in [-0.1, -0.05) is 0 Å². The van der Waals surface area contributed by atoms with E-state index >= 15 is 0 Å². The van der Waals surface area contributed by atoms with Gasteiger partial charge in [-0.05, 0) is 18.5 Å². The highest BCUT2D eigenvalue weighted by molar-refractivity contribution is 7.11. The number of rotatable bonds is 4. The number of hydrogen-bond acceptors (Lipinski definition) is 7. The maximum Gasteiger partial charge on any atom is 0.198 e. The Labute approximate surface area is 98.5 Å². The Morgan fingerprint density at radius 1 is 1.56 bits per heavy atom. The normalized spacial score (nSPS) is 17.3. The van der Waals surface area contributed by atoms with Crippen molar-refractivity contribution in [2.24, 2.45) is 0 Å². The molecule has 1 fully saturated rings. The van der Waals surface area contributed by atoms with Gasteiger partial charge in [0.05, 0.1) is 19.8 Å². The van der Waals surface area contributed by atoms with E-state index in [1.54, 1.807) is 0 Å². The molecule has 0 aliphatic carbocycles. The quantitative estimate of drug-likeness (QED) is 0.815. The molecule has 2 heterocycles. The van der Waals surface area contributed by atoms with Crippen LogP contribution in [0.15, 0.2) is 0 Å². The van der Waals surface area contributed by atoms with Crippen molar-refractivity contribution in [3.63, 3.8) is 0 Å². The summed E-state index contributed by atoms with van der Waals surface area (Å²) in [4.78, 5) is 0. The smallest absolute Gasteiger partial charge is 0.198 e. The molecular weight excluding hydrogens is 228 g/mol. The second kappa shape index (κ2) is 5.33. The Bertz CT molecular complexity index is 338. The van der Waals surface area contributed by atoms with E-state index in [0.29, 0.717) is 18.2 Å². The molecule has 0 unspecified atom stereocenters. The summed E-state index contributed by atoms with van der Waals surface area (Å²) in [6.45, 7) is 5.69. The van der Waals surface area contributed by atoms with Crippen molar-refractivity contribution in [3.8, 4) is 5.75 Å². The largest absolute Gasteiger partial charge is 0.487 e. The van der Waals surface area contributed by atoms with Gasteiger partial charge in [-0.25, -0.2) is 5.01 Å². The highest BCUT2D eigenvalue weighted by Crippen LogP contribution is 2.35. The van der Waals surface area contributed by atoms with Gasteiger partial charge in [-0.2, -0.15) is 4.37 Å². The maximum absolute atomic E-state index is 5.72. The zero-order chi connectivity index (χ0) is 11.4. The molecule has 1 aliphatic heterocycles. The van der Waals surface area contributed by atoms with E-state index in [-0.39, 0.29) is 0 Å². The Kier molecular flexibility index (Phi) is 3.81. The molecule has 0 saturated carbocycles. The Balaban J connectivity index is 2.02. The van der Waals surface area contributed by atoms with Crippen molar-refractivity contribution in [2.75, 3.05) is 44.1 Å². The lowest BCUT2D eigenvalue weighted by Gasteiger charge is -2.27. The van der Waals surface area contributed by atoms with E-state index in [1.165, 1.54) is 11.5 Å². The molecule has 2 rings (SSSR count). The van der Waals surface area contributed by atoms with Gasteiger partial charge in [0.25, 0.3) is 0 Å². The fourth-order valence-electron chi connectivity index (χ4n) is 1.47. The van der Waals surface area contributed by atoms with Crippen LogP contribution in [0, 0.1) is 0 Å². The van der Waals surface area contributed by atoms with Crippen molar-refractivity contribution in [1.29, 1.82) is 0 Å². The third kappa shape index (κ3) is 2.55. The van der Waals surface area contributed by atoms with Crippen LogP contribution in [0.1, 0.15) is 6.92 Å². The maximum atomic E-state index is 5.72. The van der Waals surface area contributed by atoms with Crippen LogP contribution in [0.3, 0.4) is 0 Å². The van der Waals surface area contributed by atoms with E-state index in [4.69, 9.17) is 15.2 Å². The fraction of sp³-hybridized carbons (Fsp3) is 0.667. The molecule has 16 heavy (non-hydrogen) atoms. The second-order valence-electron chi connectivity index (χ2n) is 3.37. The van der Waals surface area contributed by atoms with Crippen LogP contribution < -0.4 is 15.9 Å². The molecule has 7 heteroatoms. The van der Waals surface area contributed by atoms with E-state index in [1.807, 2.05) is 6.92 Å². The third-order valence-corrected chi connectivity index (χ3v) is 2.98. The van der Waals surface area contributed by atoms with Crippen molar-refractivity contribution >= 4 is 22.4 Å². The topological polar surface area (TPSA) is 72.6 Å². The number of anilines is 2. The Morgan fingerprint density at radius 3 is 3.00 bits per heavy atom. The monoisotopic (exact) mass is 244 g/mol. The first-order valence-electron chi connectivity index (χ1n) is 5.28. The van der Waals surface area contributed by atoms with Crippen molar-refractivity contribution in [3.05, 3.63) is 0 Å². The number of morpholine rings is 1. The fourth-order valence-corrected chi connectivity index (χ4v) is 2.16. The van der Waals surface area contributed by atoms with Gasteiger partial charge in [-0.3, -0.25) is 0 Å². The summed E-state index contributed by atoms with van der Waals surface area (Å²) in [6.07, 6.45) is 0. The van der Waals surface area contributed by atoms with Crippen molar-refractivity contribution < 1.29 is 9.47 Å². The lowest BCUT2D eigenvalue weighted by molar-refractivity contribution is 0.0497. The third-order valence-electron chi connectivity index (χ3n) is 2.23. The van der Waals surface area contributed by atoms with Crippen molar-refractivity contribution in [1.82, 2.24) is 9.38 Å². The summed E-state index contributed by atoms with van der Waals surface area (Å²) in [5.41, 5.74) is 8.98. The summed E-state index contributed by atoms with van der Waals surface area (Å²) in [5.74, 6) is 1.10. The predicted octanol–water partition coefficient (Wildman–Crippen LogP) is 0.783. The van der Waals surface area contributed by atoms with Crippen LogP contribution in [-0.4, -0.2) is 42.3 Å². The van der Waals surface area contributed by atoms with Gasteiger partial charge in [0.15, 0.2) is 16.6 Å². The van der Waals surface area contributed by atoms with Gasteiger partial charge in [0.2, 0.25) is 0 Å². The van der Waals surface area contributed by atoms with E-state index < -0.39 is 0 Å². The Morgan fingerprint density at radius 2 is 2.31 bits per heavy atom. The van der Waals surface area contributed by atoms with Crippen LogP contribution in [0.4, 0.5) is 10.8 Å². The van der Waals surface area contributed by atoms with Gasteiger partial charge in [0.1, 0.15) is 0 Å². The first kappa shape index (κ1) is 11.4. The zero-order valence-electron chi connectivity index (χ0n) is 9.23. The van der Waals surface area contributed by atoms with Gasteiger partial charge < -0.3 is 20.6 Å². The lowest BCUT2D eigenvalue weighted by atomic mass is 10.5. The van der Waals surface area contributed by atoms with Gasteiger partial charge >= 0.3 is 0 Å². The van der Waals surface area contributed by atoms with E-state index in [9.17, 15) is 0 Å². The summed E-state index contributed by atoms with van der Waals surface area (Å²) < 4.78 is 14.8. The molecule has 90 valence electrons. The highest BCUT2D eigenvalue weighted by Gasteiger charge is 2.17. The van der Waals surface area contributed by atoms with Crippen LogP contribution in [0.2, 0.25) is 0 Å². The summed E-state index contributed by atoms with van der Waals surface area (Å²) in [5, 5.41) is 2.94.